The molecule has 3 rings (SSSR count). The normalized spacial score (nSPS) is 22.1. The van der Waals surface area contributed by atoms with Gasteiger partial charge in [0, 0.05) is 24.0 Å². The van der Waals surface area contributed by atoms with Crippen LogP contribution in [-0.2, 0) is 0 Å². The number of hydrogen-bond donors (Lipinski definition) is 0. The standard InChI is InChI=1S/C18H27NO/c1-14-12-17(15-8-4-2-5-9-15)19(20)18(13-14)16-10-6-3-7-11-16/h12-13,15-16H,2-11H2,1H3. The molecule has 2 aliphatic carbocycles. The van der Waals surface area contributed by atoms with E-state index in [1.54, 1.807) is 0 Å². The van der Waals surface area contributed by atoms with Crippen LogP contribution in [-0.4, -0.2) is 0 Å². The van der Waals surface area contributed by atoms with Crippen LogP contribution in [0.25, 0.3) is 0 Å². The van der Waals surface area contributed by atoms with Crippen molar-refractivity contribution in [3.63, 3.8) is 0 Å². The van der Waals surface area contributed by atoms with E-state index in [0.717, 1.165) is 11.4 Å². The van der Waals surface area contributed by atoms with E-state index in [1.165, 1.54) is 74.5 Å². The molecule has 110 valence electrons. The molecule has 0 amide bonds. The van der Waals surface area contributed by atoms with E-state index in [2.05, 4.69) is 19.1 Å². The largest absolute Gasteiger partial charge is 0.618 e. The van der Waals surface area contributed by atoms with Gasteiger partial charge >= 0.3 is 0 Å². The Hall–Kier alpha value is -1.05. The molecule has 2 aliphatic rings. The number of pyridine rings is 1. The minimum atomic E-state index is 0.503. The van der Waals surface area contributed by atoms with E-state index < -0.39 is 0 Å². The van der Waals surface area contributed by atoms with Gasteiger partial charge in [0.2, 0.25) is 0 Å². The molecule has 2 heteroatoms. The van der Waals surface area contributed by atoms with E-state index in [4.69, 9.17) is 0 Å². The highest BCUT2D eigenvalue weighted by Gasteiger charge is 2.28. The minimum Gasteiger partial charge on any atom is -0.618 e. The molecule has 20 heavy (non-hydrogen) atoms. The molecule has 0 atom stereocenters. The Balaban J connectivity index is 1.91. The lowest BCUT2D eigenvalue weighted by molar-refractivity contribution is -0.626. The van der Waals surface area contributed by atoms with Crippen LogP contribution in [0.5, 0.6) is 0 Å². The van der Waals surface area contributed by atoms with Gasteiger partial charge in [0.25, 0.3) is 0 Å². The summed E-state index contributed by atoms with van der Waals surface area (Å²) in [5.41, 5.74) is 3.40. The summed E-state index contributed by atoms with van der Waals surface area (Å²) in [6.45, 7) is 2.15. The monoisotopic (exact) mass is 273 g/mol. The lowest BCUT2D eigenvalue weighted by Crippen LogP contribution is -2.40. The van der Waals surface area contributed by atoms with Crippen molar-refractivity contribution in [1.82, 2.24) is 0 Å². The zero-order valence-electron chi connectivity index (χ0n) is 12.7. The predicted octanol–water partition coefficient (Wildman–Crippen LogP) is 4.72. The van der Waals surface area contributed by atoms with Gasteiger partial charge in [-0.25, -0.2) is 0 Å². The molecule has 0 radical (unpaired) electrons. The molecule has 2 nitrogen and oxygen atoms in total. The van der Waals surface area contributed by atoms with Crippen molar-refractivity contribution in [1.29, 1.82) is 0 Å². The molecule has 0 unspecified atom stereocenters. The van der Waals surface area contributed by atoms with Crippen LogP contribution in [0.2, 0.25) is 0 Å². The summed E-state index contributed by atoms with van der Waals surface area (Å²) in [4.78, 5) is 0. The Kier molecular flexibility index (Phi) is 4.28. The third-order valence-electron chi connectivity index (χ3n) is 5.27. The fraction of sp³-hybridized carbons (Fsp3) is 0.722. The first-order valence-electron chi connectivity index (χ1n) is 8.49. The second-order valence-electron chi connectivity index (χ2n) is 6.85. The number of rotatable bonds is 2. The van der Waals surface area contributed by atoms with Gasteiger partial charge in [-0.3, -0.25) is 0 Å². The molecule has 2 fully saturated rings. The molecule has 1 aromatic heterocycles. The maximum Gasteiger partial charge on any atom is 0.196 e. The van der Waals surface area contributed by atoms with Gasteiger partial charge in [-0.2, -0.15) is 4.73 Å². The van der Waals surface area contributed by atoms with Gasteiger partial charge in [-0.05, 0) is 38.2 Å². The van der Waals surface area contributed by atoms with Crippen molar-refractivity contribution >= 4 is 0 Å². The van der Waals surface area contributed by atoms with Crippen molar-refractivity contribution in [2.24, 2.45) is 0 Å². The lowest BCUT2D eigenvalue weighted by Gasteiger charge is -2.25. The summed E-state index contributed by atoms with van der Waals surface area (Å²) >= 11 is 0. The van der Waals surface area contributed by atoms with Crippen LogP contribution in [0.1, 0.15) is 93.0 Å². The molecule has 0 spiro atoms. The third kappa shape index (κ3) is 2.84. The number of aryl methyl sites for hydroxylation is 1. The Morgan fingerprint density at radius 3 is 1.60 bits per heavy atom. The van der Waals surface area contributed by atoms with Crippen molar-refractivity contribution in [3.8, 4) is 0 Å². The average Bonchev–Trinajstić information content (AvgIpc) is 2.51. The maximum absolute atomic E-state index is 12.8. The lowest BCUT2D eigenvalue weighted by atomic mass is 9.84. The third-order valence-corrected chi connectivity index (χ3v) is 5.27. The van der Waals surface area contributed by atoms with Crippen molar-refractivity contribution < 1.29 is 4.73 Å². The van der Waals surface area contributed by atoms with Crippen LogP contribution in [0.15, 0.2) is 12.1 Å². The van der Waals surface area contributed by atoms with E-state index in [-0.39, 0.29) is 0 Å². The topological polar surface area (TPSA) is 26.9 Å². The zero-order chi connectivity index (χ0) is 13.9. The molecule has 0 aliphatic heterocycles. The summed E-state index contributed by atoms with van der Waals surface area (Å²) in [5.74, 6) is 1.01. The molecule has 2 saturated carbocycles. The summed E-state index contributed by atoms with van der Waals surface area (Å²) < 4.78 is 1.32. The van der Waals surface area contributed by atoms with Gasteiger partial charge in [0.05, 0.1) is 0 Å². The second kappa shape index (κ2) is 6.15. The number of hydrogen-bond acceptors (Lipinski definition) is 1. The quantitative estimate of drug-likeness (QED) is 0.565. The Bertz CT molecular complexity index is 417. The van der Waals surface area contributed by atoms with Gasteiger partial charge in [0.15, 0.2) is 11.4 Å². The molecule has 0 N–H and O–H groups in total. The Morgan fingerprint density at radius 2 is 1.20 bits per heavy atom. The van der Waals surface area contributed by atoms with Crippen molar-refractivity contribution in [2.45, 2.75) is 83.0 Å². The molecular formula is C18H27NO. The van der Waals surface area contributed by atoms with Gasteiger partial charge in [-0.1, -0.05) is 38.5 Å². The highest BCUT2D eigenvalue weighted by molar-refractivity contribution is 5.20. The summed E-state index contributed by atoms with van der Waals surface area (Å²) in [6.07, 6.45) is 12.7. The fourth-order valence-corrected chi connectivity index (χ4v) is 4.14. The summed E-state index contributed by atoms with van der Waals surface area (Å²) in [6, 6.07) is 4.30. The van der Waals surface area contributed by atoms with Crippen LogP contribution >= 0.6 is 0 Å². The highest BCUT2D eigenvalue weighted by atomic mass is 16.5. The smallest absolute Gasteiger partial charge is 0.196 e. The predicted molar refractivity (Wildman–Crippen MR) is 81.8 cm³/mol. The zero-order valence-corrected chi connectivity index (χ0v) is 12.7. The molecule has 0 saturated heterocycles. The van der Waals surface area contributed by atoms with E-state index in [9.17, 15) is 5.21 Å². The Labute approximate surface area is 122 Å². The van der Waals surface area contributed by atoms with Crippen LogP contribution < -0.4 is 4.73 Å². The van der Waals surface area contributed by atoms with E-state index in [0.29, 0.717) is 11.8 Å². The molecule has 0 aromatic carbocycles. The van der Waals surface area contributed by atoms with Crippen LogP contribution in [0.4, 0.5) is 0 Å². The van der Waals surface area contributed by atoms with E-state index >= 15 is 0 Å². The number of aromatic nitrogens is 1. The maximum atomic E-state index is 12.8. The van der Waals surface area contributed by atoms with Crippen LogP contribution in [0.3, 0.4) is 0 Å². The highest BCUT2D eigenvalue weighted by Crippen LogP contribution is 2.34. The van der Waals surface area contributed by atoms with Crippen molar-refractivity contribution in [2.75, 3.05) is 0 Å². The second-order valence-corrected chi connectivity index (χ2v) is 6.85. The van der Waals surface area contributed by atoms with Gasteiger partial charge in [0.1, 0.15) is 0 Å². The SMILES string of the molecule is Cc1cc(C2CCCCC2)[n+]([O-])c(C2CCCCC2)c1. The Morgan fingerprint density at radius 1 is 0.800 bits per heavy atom. The fourth-order valence-electron chi connectivity index (χ4n) is 4.14. The first-order chi connectivity index (χ1) is 9.75. The molecular weight excluding hydrogens is 246 g/mol. The van der Waals surface area contributed by atoms with Gasteiger partial charge in [-0.15, -0.1) is 0 Å². The molecule has 1 heterocycles. The molecule has 0 bridgehead atoms. The van der Waals surface area contributed by atoms with Gasteiger partial charge < -0.3 is 5.21 Å². The summed E-state index contributed by atoms with van der Waals surface area (Å²) in [5, 5.41) is 12.8. The molecule has 1 aromatic rings. The minimum absolute atomic E-state index is 0.503. The van der Waals surface area contributed by atoms with Crippen molar-refractivity contribution in [3.05, 3.63) is 34.3 Å². The van der Waals surface area contributed by atoms with Crippen LogP contribution in [0, 0.1) is 12.1 Å². The summed E-state index contributed by atoms with van der Waals surface area (Å²) in [7, 11) is 0. The first-order valence-corrected chi connectivity index (χ1v) is 8.49. The first kappa shape index (κ1) is 13.9. The number of nitrogens with zero attached hydrogens (tertiary/aromatic N) is 1. The average molecular weight is 273 g/mol. The van der Waals surface area contributed by atoms with E-state index in [1.807, 2.05) is 0 Å².